The van der Waals surface area contributed by atoms with E-state index in [1.807, 2.05) is 6.92 Å². The molecule has 1 saturated carbocycles. The summed E-state index contributed by atoms with van der Waals surface area (Å²) >= 11 is 0. The Morgan fingerprint density at radius 2 is 2.00 bits per heavy atom. The summed E-state index contributed by atoms with van der Waals surface area (Å²) in [4.78, 5) is 10.4. The number of carbonyl (C=O) groups is 1. The normalized spacial score (nSPS) is 22.6. The van der Waals surface area contributed by atoms with E-state index < -0.39 is 30.5 Å². The molecule has 0 aliphatic heterocycles. The molecule has 1 aliphatic carbocycles. The maximum atomic E-state index is 12.5. The van der Waals surface area contributed by atoms with E-state index in [4.69, 9.17) is 10.8 Å². The van der Waals surface area contributed by atoms with Crippen molar-refractivity contribution in [3.63, 3.8) is 0 Å². The standard InChI is InChI=1S/C10H16F3NO2/c1-9(2-3-9)7(14)4-6(5-8(15)16)10(11,12)13/h6-7H,2-5,14H2,1H3,(H,15,16)/t6-,7-/m0/s1. The Hall–Kier alpha value is -0.780. The zero-order valence-corrected chi connectivity index (χ0v) is 9.05. The number of carboxylic acids is 1. The first kappa shape index (κ1) is 13.3. The molecule has 1 fully saturated rings. The molecule has 3 N–H and O–H groups in total. The Morgan fingerprint density at radius 1 is 1.50 bits per heavy atom. The first-order valence-electron chi connectivity index (χ1n) is 5.19. The molecule has 0 spiro atoms. The Morgan fingerprint density at radius 3 is 2.31 bits per heavy atom. The van der Waals surface area contributed by atoms with Gasteiger partial charge in [-0.25, -0.2) is 0 Å². The summed E-state index contributed by atoms with van der Waals surface area (Å²) in [6, 6.07) is -0.571. The lowest BCUT2D eigenvalue weighted by atomic mass is 9.88. The lowest BCUT2D eigenvalue weighted by Crippen LogP contribution is -2.37. The summed E-state index contributed by atoms with van der Waals surface area (Å²) in [5.41, 5.74) is 5.47. The summed E-state index contributed by atoms with van der Waals surface area (Å²) < 4.78 is 37.6. The fourth-order valence-corrected chi connectivity index (χ4v) is 1.70. The van der Waals surface area contributed by atoms with Gasteiger partial charge in [0.15, 0.2) is 0 Å². The molecular formula is C10H16F3NO2. The fraction of sp³-hybridized carbons (Fsp3) is 0.900. The molecule has 94 valence electrons. The van der Waals surface area contributed by atoms with Gasteiger partial charge in [-0.05, 0) is 24.7 Å². The number of rotatable bonds is 5. The average Bonchev–Trinajstić information content (AvgIpc) is 2.81. The van der Waals surface area contributed by atoms with E-state index in [0.29, 0.717) is 0 Å². The maximum absolute atomic E-state index is 12.5. The highest BCUT2D eigenvalue weighted by atomic mass is 19.4. The van der Waals surface area contributed by atoms with Crippen molar-refractivity contribution in [3.8, 4) is 0 Å². The molecule has 0 radical (unpaired) electrons. The van der Waals surface area contributed by atoms with Crippen molar-refractivity contribution >= 4 is 5.97 Å². The first-order chi connectivity index (χ1) is 7.15. The van der Waals surface area contributed by atoms with Crippen LogP contribution in [-0.2, 0) is 4.79 Å². The average molecular weight is 239 g/mol. The predicted molar refractivity (Wildman–Crippen MR) is 51.7 cm³/mol. The van der Waals surface area contributed by atoms with Gasteiger partial charge in [0.05, 0.1) is 12.3 Å². The molecule has 6 heteroatoms. The number of hydrogen-bond donors (Lipinski definition) is 2. The minimum Gasteiger partial charge on any atom is -0.481 e. The Bertz CT molecular complexity index is 274. The molecule has 1 aliphatic rings. The van der Waals surface area contributed by atoms with Gasteiger partial charge in [0, 0.05) is 6.04 Å². The molecule has 0 aromatic heterocycles. The van der Waals surface area contributed by atoms with Gasteiger partial charge < -0.3 is 10.8 Å². The van der Waals surface area contributed by atoms with Crippen molar-refractivity contribution in [1.29, 1.82) is 0 Å². The minimum absolute atomic E-state index is 0.220. The third kappa shape index (κ3) is 3.37. The molecule has 0 aromatic rings. The van der Waals surface area contributed by atoms with Gasteiger partial charge in [-0.3, -0.25) is 4.79 Å². The lowest BCUT2D eigenvalue weighted by molar-refractivity contribution is -0.186. The molecule has 3 nitrogen and oxygen atoms in total. The third-order valence-corrected chi connectivity index (χ3v) is 3.36. The summed E-state index contributed by atoms with van der Waals surface area (Å²) in [7, 11) is 0. The van der Waals surface area contributed by atoms with E-state index in [-0.39, 0.29) is 11.8 Å². The quantitative estimate of drug-likeness (QED) is 0.772. The van der Waals surface area contributed by atoms with Crippen LogP contribution in [0.5, 0.6) is 0 Å². The molecule has 1 rings (SSSR count). The van der Waals surface area contributed by atoms with Gasteiger partial charge in [0.25, 0.3) is 0 Å². The molecule has 0 saturated heterocycles. The second kappa shape index (κ2) is 4.24. The maximum Gasteiger partial charge on any atom is 0.392 e. The van der Waals surface area contributed by atoms with Gasteiger partial charge in [-0.15, -0.1) is 0 Å². The van der Waals surface area contributed by atoms with E-state index in [9.17, 15) is 18.0 Å². The number of aliphatic carboxylic acids is 1. The molecule has 0 heterocycles. The highest BCUT2D eigenvalue weighted by Gasteiger charge is 2.48. The van der Waals surface area contributed by atoms with Crippen LogP contribution in [0.2, 0.25) is 0 Å². The number of carboxylic acid groups (broad SMARTS) is 1. The smallest absolute Gasteiger partial charge is 0.392 e. The SMILES string of the molecule is CC1([C@@H](N)C[C@@H](CC(=O)O)C(F)(F)F)CC1. The first-order valence-corrected chi connectivity index (χ1v) is 5.19. The van der Waals surface area contributed by atoms with E-state index in [2.05, 4.69) is 0 Å². The van der Waals surface area contributed by atoms with Gasteiger partial charge in [-0.2, -0.15) is 13.2 Å². The van der Waals surface area contributed by atoms with Crippen LogP contribution in [0.25, 0.3) is 0 Å². The van der Waals surface area contributed by atoms with E-state index in [1.54, 1.807) is 0 Å². The van der Waals surface area contributed by atoms with Gasteiger partial charge in [0.2, 0.25) is 0 Å². The summed E-state index contributed by atoms with van der Waals surface area (Å²) in [5, 5.41) is 8.44. The molecule has 0 aromatic carbocycles. The van der Waals surface area contributed by atoms with Crippen LogP contribution in [-0.4, -0.2) is 23.3 Å². The van der Waals surface area contributed by atoms with E-state index >= 15 is 0 Å². The number of nitrogens with two attached hydrogens (primary N) is 1. The minimum atomic E-state index is -4.48. The third-order valence-electron chi connectivity index (χ3n) is 3.36. The Labute approximate surface area is 91.8 Å². The monoisotopic (exact) mass is 239 g/mol. The van der Waals surface area contributed by atoms with Gasteiger partial charge in [0.1, 0.15) is 0 Å². The van der Waals surface area contributed by atoms with Crippen molar-refractivity contribution < 1.29 is 23.1 Å². The molecule has 16 heavy (non-hydrogen) atoms. The topological polar surface area (TPSA) is 63.3 Å². The number of hydrogen-bond acceptors (Lipinski definition) is 2. The predicted octanol–water partition coefficient (Wildman–Crippen LogP) is 2.16. The van der Waals surface area contributed by atoms with Crippen LogP contribution in [0, 0.1) is 11.3 Å². The Kier molecular flexibility index (Phi) is 3.52. The van der Waals surface area contributed by atoms with Crippen LogP contribution >= 0.6 is 0 Å². The van der Waals surface area contributed by atoms with Crippen LogP contribution in [0.15, 0.2) is 0 Å². The van der Waals surface area contributed by atoms with Crippen molar-refractivity contribution in [1.82, 2.24) is 0 Å². The van der Waals surface area contributed by atoms with Crippen LogP contribution in [0.1, 0.15) is 32.6 Å². The fourth-order valence-electron chi connectivity index (χ4n) is 1.70. The highest BCUT2D eigenvalue weighted by molar-refractivity contribution is 5.67. The summed E-state index contributed by atoms with van der Waals surface area (Å²) in [6.45, 7) is 1.84. The summed E-state index contributed by atoms with van der Waals surface area (Å²) in [6.07, 6.45) is -4.03. The zero-order valence-electron chi connectivity index (χ0n) is 9.05. The van der Waals surface area contributed by atoms with Crippen LogP contribution < -0.4 is 5.73 Å². The zero-order chi connectivity index (χ0) is 12.6. The second-order valence-corrected chi connectivity index (χ2v) is 4.83. The van der Waals surface area contributed by atoms with Crippen molar-refractivity contribution in [2.45, 2.75) is 44.8 Å². The largest absolute Gasteiger partial charge is 0.481 e. The molecular weight excluding hydrogens is 223 g/mol. The van der Waals surface area contributed by atoms with Gasteiger partial charge >= 0.3 is 12.1 Å². The molecule has 0 amide bonds. The number of alkyl halides is 3. The Balaban J connectivity index is 2.59. The van der Waals surface area contributed by atoms with Crippen LogP contribution in [0.3, 0.4) is 0 Å². The molecule has 0 bridgehead atoms. The molecule has 2 atom stereocenters. The van der Waals surface area contributed by atoms with Crippen LogP contribution in [0.4, 0.5) is 13.2 Å². The summed E-state index contributed by atoms with van der Waals surface area (Å²) in [5.74, 6) is -3.27. The second-order valence-electron chi connectivity index (χ2n) is 4.83. The van der Waals surface area contributed by atoms with Crippen molar-refractivity contribution in [2.75, 3.05) is 0 Å². The highest BCUT2D eigenvalue weighted by Crippen LogP contribution is 2.50. The van der Waals surface area contributed by atoms with E-state index in [1.165, 1.54) is 0 Å². The molecule has 0 unspecified atom stereocenters. The lowest BCUT2D eigenvalue weighted by Gasteiger charge is -2.25. The van der Waals surface area contributed by atoms with Crippen molar-refractivity contribution in [2.24, 2.45) is 17.1 Å². The van der Waals surface area contributed by atoms with Gasteiger partial charge in [-0.1, -0.05) is 6.92 Å². The number of halogens is 3. The van der Waals surface area contributed by atoms with Crippen molar-refractivity contribution in [3.05, 3.63) is 0 Å². The van der Waals surface area contributed by atoms with E-state index in [0.717, 1.165) is 12.8 Å².